The Morgan fingerprint density at radius 3 is 2.64 bits per heavy atom. The molecule has 0 saturated carbocycles. The number of hydrogen-bond donors (Lipinski definition) is 0. The maximum absolute atomic E-state index is 5.50. The van der Waals surface area contributed by atoms with E-state index in [1.807, 2.05) is 0 Å². The average molecular weight is 355 g/mol. The molecule has 0 aliphatic rings. The summed E-state index contributed by atoms with van der Waals surface area (Å²) in [6.07, 6.45) is 3.43. The number of fused-ring (bicyclic) bond motifs is 1. The van der Waals surface area contributed by atoms with Gasteiger partial charge >= 0.3 is 0 Å². The zero-order valence-corrected chi connectivity index (χ0v) is 16.5. The zero-order chi connectivity index (χ0) is 18.0. The lowest BCUT2D eigenvalue weighted by atomic mass is 10.00. The zero-order valence-electron chi connectivity index (χ0n) is 15.7. The van der Waals surface area contributed by atoms with Crippen molar-refractivity contribution in [3.05, 3.63) is 40.4 Å². The first-order chi connectivity index (χ1) is 12.0. The van der Waals surface area contributed by atoms with E-state index in [1.165, 1.54) is 23.8 Å². The molecule has 4 heteroatoms. The standard InChI is InChI=1S/C21H26N2OS/c1-6-7-8-15-11-17(21-23-18(12-25-21)13(2)3)22-20-14(4)19(24-5)10-9-16(15)20/h9-13H,6-8H2,1-5H3. The predicted molar refractivity (Wildman–Crippen MR) is 107 cm³/mol. The Kier molecular flexibility index (Phi) is 5.38. The highest BCUT2D eigenvalue weighted by molar-refractivity contribution is 7.13. The van der Waals surface area contributed by atoms with Gasteiger partial charge < -0.3 is 4.74 Å². The summed E-state index contributed by atoms with van der Waals surface area (Å²) in [5, 5.41) is 4.39. The van der Waals surface area contributed by atoms with Gasteiger partial charge in [-0.25, -0.2) is 9.97 Å². The molecule has 0 aliphatic carbocycles. The molecule has 0 N–H and O–H groups in total. The number of methoxy groups -OCH3 is 1. The van der Waals surface area contributed by atoms with Gasteiger partial charge in [0.05, 0.1) is 24.0 Å². The number of thiazole rings is 1. The minimum absolute atomic E-state index is 0.437. The van der Waals surface area contributed by atoms with E-state index < -0.39 is 0 Å². The van der Waals surface area contributed by atoms with Crippen LogP contribution in [0.3, 0.4) is 0 Å². The highest BCUT2D eigenvalue weighted by atomic mass is 32.1. The molecule has 25 heavy (non-hydrogen) atoms. The van der Waals surface area contributed by atoms with E-state index in [0.29, 0.717) is 5.92 Å². The first kappa shape index (κ1) is 17.9. The van der Waals surface area contributed by atoms with Crippen molar-refractivity contribution >= 4 is 22.2 Å². The van der Waals surface area contributed by atoms with Crippen LogP contribution in [0.4, 0.5) is 0 Å². The molecule has 0 fully saturated rings. The SMILES string of the molecule is CCCCc1cc(-c2nc(C(C)C)cs2)nc2c(C)c(OC)ccc12. The maximum Gasteiger partial charge on any atom is 0.142 e. The van der Waals surface area contributed by atoms with Gasteiger partial charge in [0.25, 0.3) is 0 Å². The van der Waals surface area contributed by atoms with Crippen LogP contribution < -0.4 is 4.74 Å². The molecule has 2 aromatic heterocycles. The number of aromatic nitrogens is 2. The van der Waals surface area contributed by atoms with E-state index in [4.69, 9.17) is 14.7 Å². The van der Waals surface area contributed by atoms with Crippen LogP contribution in [-0.4, -0.2) is 17.1 Å². The monoisotopic (exact) mass is 354 g/mol. The Morgan fingerprint density at radius 2 is 2.00 bits per heavy atom. The van der Waals surface area contributed by atoms with Gasteiger partial charge in [-0.05, 0) is 49.4 Å². The lowest BCUT2D eigenvalue weighted by molar-refractivity contribution is 0.412. The van der Waals surface area contributed by atoms with Crippen LogP contribution in [0.15, 0.2) is 23.6 Å². The molecule has 0 spiro atoms. The number of ether oxygens (including phenoxy) is 1. The molecule has 2 heterocycles. The summed E-state index contributed by atoms with van der Waals surface area (Å²) in [4.78, 5) is 9.77. The Hall–Kier alpha value is -1.94. The lowest BCUT2D eigenvalue weighted by Crippen LogP contribution is -1.97. The van der Waals surface area contributed by atoms with Crippen molar-refractivity contribution in [2.45, 2.75) is 52.9 Å². The largest absolute Gasteiger partial charge is 0.496 e. The Labute approximate surface area is 154 Å². The minimum Gasteiger partial charge on any atom is -0.496 e. The quantitative estimate of drug-likeness (QED) is 0.533. The fourth-order valence-electron chi connectivity index (χ4n) is 3.05. The van der Waals surface area contributed by atoms with E-state index in [9.17, 15) is 0 Å². The smallest absolute Gasteiger partial charge is 0.142 e. The molecular weight excluding hydrogens is 328 g/mol. The van der Waals surface area contributed by atoms with E-state index >= 15 is 0 Å². The fourth-order valence-corrected chi connectivity index (χ4v) is 3.99. The van der Waals surface area contributed by atoms with Gasteiger partial charge in [-0.15, -0.1) is 11.3 Å². The topological polar surface area (TPSA) is 35.0 Å². The molecule has 0 aliphatic heterocycles. The number of aryl methyl sites for hydroxylation is 2. The second-order valence-corrected chi connectivity index (χ2v) is 7.65. The Morgan fingerprint density at radius 1 is 1.20 bits per heavy atom. The molecule has 3 nitrogen and oxygen atoms in total. The summed E-state index contributed by atoms with van der Waals surface area (Å²) in [6, 6.07) is 6.42. The maximum atomic E-state index is 5.50. The number of hydrogen-bond acceptors (Lipinski definition) is 4. The van der Waals surface area contributed by atoms with Crippen LogP contribution in [0.1, 0.15) is 56.4 Å². The van der Waals surface area contributed by atoms with Crippen molar-refractivity contribution in [3.8, 4) is 16.5 Å². The summed E-state index contributed by atoms with van der Waals surface area (Å²) in [5.74, 6) is 1.33. The first-order valence-electron chi connectivity index (χ1n) is 8.98. The summed E-state index contributed by atoms with van der Waals surface area (Å²) in [7, 11) is 1.71. The summed E-state index contributed by atoms with van der Waals surface area (Å²) in [6.45, 7) is 8.67. The molecule has 3 rings (SSSR count). The molecule has 1 aromatic carbocycles. The van der Waals surface area contributed by atoms with E-state index in [0.717, 1.165) is 39.6 Å². The Bertz CT molecular complexity index is 883. The lowest BCUT2D eigenvalue weighted by Gasteiger charge is -2.13. The molecule has 0 bridgehead atoms. The van der Waals surface area contributed by atoms with Crippen LogP contribution >= 0.6 is 11.3 Å². The molecule has 0 amide bonds. The normalized spacial score (nSPS) is 11.4. The third kappa shape index (κ3) is 3.54. The van der Waals surface area contributed by atoms with Crippen molar-refractivity contribution in [3.63, 3.8) is 0 Å². The molecule has 0 saturated heterocycles. The van der Waals surface area contributed by atoms with Gasteiger partial charge in [-0.3, -0.25) is 0 Å². The molecular formula is C21H26N2OS. The number of benzene rings is 1. The van der Waals surface area contributed by atoms with Crippen molar-refractivity contribution in [2.75, 3.05) is 7.11 Å². The third-order valence-corrected chi connectivity index (χ3v) is 5.51. The fraction of sp³-hybridized carbons (Fsp3) is 0.429. The van der Waals surface area contributed by atoms with Crippen LogP contribution in [0, 0.1) is 6.92 Å². The van der Waals surface area contributed by atoms with Crippen LogP contribution in [0.5, 0.6) is 5.75 Å². The van der Waals surface area contributed by atoms with Crippen molar-refractivity contribution < 1.29 is 4.74 Å². The Balaban J connectivity index is 2.19. The number of pyridine rings is 1. The third-order valence-electron chi connectivity index (χ3n) is 4.62. The molecule has 3 aromatic rings. The van der Waals surface area contributed by atoms with Crippen LogP contribution in [0.25, 0.3) is 21.6 Å². The highest BCUT2D eigenvalue weighted by Gasteiger charge is 2.15. The van der Waals surface area contributed by atoms with Gasteiger partial charge in [0, 0.05) is 16.3 Å². The second kappa shape index (κ2) is 7.52. The van der Waals surface area contributed by atoms with Gasteiger partial charge in [0.15, 0.2) is 0 Å². The van der Waals surface area contributed by atoms with E-state index in [2.05, 4.69) is 51.3 Å². The summed E-state index contributed by atoms with van der Waals surface area (Å²) < 4.78 is 5.50. The number of nitrogens with zero attached hydrogens (tertiary/aromatic N) is 2. The molecule has 0 radical (unpaired) electrons. The molecule has 0 unspecified atom stereocenters. The van der Waals surface area contributed by atoms with Crippen LogP contribution in [0.2, 0.25) is 0 Å². The van der Waals surface area contributed by atoms with Crippen molar-refractivity contribution in [2.24, 2.45) is 0 Å². The predicted octanol–water partition coefficient (Wildman–Crippen LogP) is 6.14. The first-order valence-corrected chi connectivity index (χ1v) is 9.86. The van der Waals surface area contributed by atoms with Gasteiger partial charge in [-0.1, -0.05) is 27.2 Å². The second-order valence-electron chi connectivity index (χ2n) is 6.79. The van der Waals surface area contributed by atoms with E-state index in [-0.39, 0.29) is 0 Å². The van der Waals surface area contributed by atoms with Gasteiger partial charge in [0.1, 0.15) is 10.8 Å². The molecule has 132 valence electrons. The number of rotatable bonds is 6. The highest BCUT2D eigenvalue weighted by Crippen LogP contribution is 2.33. The van der Waals surface area contributed by atoms with E-state index in [1.54, 1.807) is 18.4 Å². The average Bonchev–Trinajstić information content (AvgIpc) is 3.10. The van der Waals surface area contributed by atoms with Crippen molar-refractivity contribution in [1.29, 1.82) is 0 Å². The van der Waals surface area contributed by atoms with Crippen molar-refractivity contribution in [1.82, 2.24) is 9.97 Å². The van der Waals surface area contributed by atoms with Crippen LogP contribution in [-0.2, 0) is 6.42 Å². The van der Waals surface area contributed by atoms with Gasteiger partial charge in [-0.2, -0.15) is 0 Å². The summed E-state index contributed by atoms with van der Waals surface area (Å²) >= 11 is 1.68. The number of unbranched alkanes of at least 4 members (excludes halogenated alkanes) is 1. The molecule has 0 atom stereocenters. The minimum atomic E-state index is 0.437. The summed E-state index contributed by atoms with van der Waals surface area (Å²) in [5.41, 5.74) is 5.60. The van der Waals surface area contributed by atoms with Gasteiger partial charge in [0.2, 0.25) is 0 Å².